The van der Waals surface area contributed by atoms with Crippen molar-refractivity contribution >= 4 is 23.7 Å². The molecule has 2 fully saturated rings. The fraction of sp³-hybridized carbons (Fsp3) is 0.500. The van der Waals surface area contributed by atoms with Gasteiger partial charge in [0.25, 0.3) is 0 Å². The number of carboxylic acids is 1. The van der Waals surface area contributed by atoms with Crippen molar-refractivity contribution in [2.45, 2.75) is 57.1 Å². The van der Waals surface area contributed by atoms with Crippen LogP contribution in [0.3, 0.4) is 0 Å². The zero-order valence-electron chi connectivity index (χ0n) is 25.1. The van der Waals surface area contributed by atoms with Crippen LogP contribution in [0.2, 0.25) is 0 Å². The Bertz CT molecular complexity index is 1290. The molecule has 0 aliphatic carbocycles. The summed E-state index contributed by atoms with van der Waals surface area (Å²) in [5.74, 6) is -1.66. The lowest BCUT2D eigenvalue weighted by Crippen LogP contribution is -2.74. The second kappa shape index (κ2) is 14.8. The Morgan fingerprint density at radius 2 is 1.82 bits per heavy atom. The molecule has 44 heavy (non-hydrogen) atoms. The summed E-state index contributed by atoms with van der Waals surface area (Å²) in [4.78, 5) is 50.2. The van der Waals surface area contributed by atoms with Gasteiger partial charge < -0.3 is 39.4 Å². The van der Waals surface area contributed by atoms with Gasteiger partial charge >= 0.3 is 12.1 Å². The number of carboxylic acid groups (broad SMARTS) is 1. The lowest BCUT2D eigenvalue weighted by atomic mass is 9.84. The molecule has 2 aliphatic rings. The second-order valence-electron chi connectivity index (χ2n) is 11.0. The number of hydrogen-bond acceptors (Lipinski definition) is 11. The van der Waals surface area contributed by atoms with Gasteiger partial charge in [0.1, 0.15) is 25.2 Å². The van der Waals surface area contributed by atoms with Crippen LogP contribution in [0.1, 0.15) is 25.0 Å². The summed E-state index contributed by atoms with van der Waals surface area (Å²) in [5.41, 5.74) is 0.527. The first-order chi connectivity index (χ1) is 21.0. The number of aliphatic hydroxyl groups is 1. The van der Waals surface area contributed by atoms with Gasteiger partial charge in [-0.1, -0.05) is 36.4 Å². The van der Waals surface area contributed by atoms with Crippen LogP contribution in [0.5, 0.6) is 5.75 Å². The third kappa shape index (κ3) is 8.22. The number of nitrogens with zero attached hydrogens (tertiary/aromatic N) is 2. The van der Waals surface area contributed by atoms with Gasteiger partial charge in [-0.15, -0.1) is 0 Å². The molecule has 3 N–H and O–H groups in total. The molecule has 2 amide bonds. The fourth-order valence-electron chi connectivity index (χ4n) is 4.62. The highest BCUT2D eigenvalue weighted by molar-refractivity contribution is 5.90. The summed E-state index contributed by atoms with van der Waals surface area (Å²) >= 11 is 0. The molecule has 0 saturated carbocycles. The molecule has 2 aromatic rings. The number of ether oxygens (including phenoxy) is 4. The quantitative estimate of drug-likeness (QED) is 0.161. The maximum Gasteiger partial charge on any atom is 0.411 e. The second-order valence-corrected chi connectivity index (χ2v) is 11.0. The van der Waals surface area contributed by atoms with Crippen LogP contribution >= 0.6 is 0 Å². The van der Waals surface area contributed by atoms with Crippen LogP contribution in [-0.4, -0.2) is 109 Å². The molecule has 2 aliphatic heterocycles. The average molecular weight is 618 g/mol. The Morgan fingerprint density at radius 3 is 2.45 bits per heavy atom. The number of amides is 2. The van der Waals surface area contributed by atoms with Crippen LogP contribution in [0, 0.1) is 0 Å². The molecule has 2 saturated heterocycles. The third-order valence-corrected chi connectivity index (χ3v) is 7.20. The normalized spacial score (nSPS) is 24.1. The van der Waals surface area contributed by atoms with E-state index in [-0.39, 0.29) is 24.8 Å². The summed E-state index contributed by atoms with van der Waals surface area (Å²) in [5, 5.41) is 22.6. The number of likely N-dealkylation sites (N-methyl/N-ethyl adjacent to an activating group) is 1. The highest BCUT2D eigenvalue weighted by atomic mass is 17.3. The Labute approximate surface area is 255 Å². The van der Waals surface area contributed by atoms with Crippen LogP contribution in [0.25, 0.3) is 0 Å². The number of benzene rings is 2. The predicted molar refractivity (Wildman–Crippen MR) is 154 cm³/mol. The van der Waals surface area contributed by atoms with Crippen molar-refractivity contribution in [2.24, 2.45) is 0 Å². The molecular weight excluding hydrogens is 578 g/mol. The van der Waals surface area contributed by atoms with Gasteiger partial charge in [-0.05, 0) is 50.7 Å². The van der Waals surface area contributed by atoms with Gasteiger partial charge in [0.05, 0.1) is 12.3 Å². The molecule has 5 unspecified atom stereocenters. The van der Waals surface area contributed by atoms with Crippen LogP contribution < -0.4 is 10.1 Å². The van der Waals surface area contributed by atoms with Crippen molar-refractivity contribution in [3.63, 3.8) is 0 Å². The van der Waals surface area contributed by atoms with Crippen molar-refractivity contribution in [1.82, 2.24) is 9.80 Å². The van der Waals surface area contributed by atoms with E-state index in [1.54, 1.807) is 12.1 Å². The number of fused-ring (bicyclic) bond motifs is 1. The summed E-state index contributed by atoms with van der Waals surface area (Å²) < 4.78 is 22.8. The topological polar surface area (TPSA) is 166 Å². The standard InChI is InChI=1S/C30H39N3O11/c1-19(34)31-22-16-21(10-11-23(22)41-28-26-30(2,44-43-26)25(35)24(42-28)27(36)37)17-40-29(38)33(14-13-32(3)4)18-39-15-12-20-8-6-5-7-9-20/h5-11,16,24-26,28,35H,12-15,17-18H2,1-4H3,(H,31,34)(H,36,37). The molecule has 0 radical (unpaired) electrons. The first-order valence-electron chi connectivity index (χ1n) is 14.1. The van der Waals surface area contributed by atoms with E-state index in [1.807, 2.05) is 49.3 Å². The minimum atomic E-state index is -1.63. The summed E-state index contributed by atoms with van der Waals surface area (Å²) in [7, 11) is 3.81. The van der Waals surface area contributed by atoms with E-state index >= 15 is 0 Å². The number of nitrogens with one attached hydrogen (secondary N) is 1. The number of hydrogen-bond donors (Lipinski definition) is 3. The van der Waals surface area contributed by atoms with Crippen molar-refractivity contribution in [1.29, 1.82) is 0 Å². The predicted octanol–water partition coefficient (Wildman–Crippen LogP) is 2.00. The van der Waals surface area contributed by atoms with Gasteiger partial charge in [0.2, 0.25) is 12.2 Å². The van der Waals surface area contributed by atoms with Gasteiger partial charge in [-0.25, -0.2) is 19.4 Å². The lowest BCUT2D eigenvalue weighted by Gasteiger charge is -2.53. The molecule has 0 bridgehead atoms. The number of rotatable bonds is 14. The van der Waals surface area contributed by atoms with E-state index in [1.165, 1.54) is 24.8 Å². The molecule has 14 heteroatoms. The van der Waals surface area contributed by atoms with Crippen LogP contribution in [0.15, 0.2) is 48.5 Å². The molecule has 4 rings (SSSR count). The zero-order valence-corrected chi connectivity index (χ0v) is 25.1. The first-order valence-corrected chi connectivity index (χ1v) is 14.1. The highest BCUT2D eigenvalue weighted by Gasteiger charge is 2.65. The molecule has 0 spiro atoms. The Hall–Kier alpha value is -3.79. The van der Waals surface area contributed by atoms with Crippen molar-refractivity contribution in [3.8, 4) is 5.75 Å². The number of carbonyl (C=O) groups is 3. The van der Waals surface area contributed by atoms with E-state index < -0.39 is 48.2 Å². The SMILES string of the molecule is CC(=O)Nc1cc(COC(=O)N(CCN(C)C)COCCc2ccccc2)ccc1OC1OC(C(=O)O)C(O)C2(C)OOC12. The van der Waals surface area contributed by atoms with E-state index in [9.17, 15) is 24.6 Å². The van der Waals surface area contributed by atoms with Crippen molar-refractivity contribution in [3.05, 3.63) is 59.7 Å². The van der Waals surface area contributed by atoms with Crippen molar-refractivity contribution in [2.75, 3.05) is 45.8 Å². The Morgan fingerprint density at radius 1 is 1.07 bits per heavy atom. The summed E-state index contributed by atoms with van der Waals surface area (Å²) in [6, 6.07) is 14.6. The van der Waals surface area contributed by atoms with Crippen LogP contribution in [0.4, 0.5) is 10.5 Å². The zero-order chi connectivity index (χ0) is 31.9. The lowest BCUT2D eigenvalue weighted by molar-refractivity contribution is -0.558. The van der Waals surface area contributed by atoms with Gasteiger partial charge in [0.15, 0.2) is 17.8 Å². The first kappa shape index (κ1) is 33.1. The molecule has 5 atom stereocenters. The van der Waals surface area contributed by atoms with Crippen LogP contribution in [-0.2, 0) is 46.6 Å². The number of aliphatic hydroxyl groups excluding tert-OH is 1. The monoisotopic (exact) mass is 617 g/mol. The van der Waals surface area contributed by atoms with Gasteiger partial charge in [0, 0.05) is 20.0 Å². The highest BCUT2D eigenvalue weighted by Crippen LogP contribution is 2.43. The smallest absolute Gasteiger partial charge is 0.411 e. The summed E-state index contributed by atoms with van der Waals surface area (Å²) in [6.45, 7) is 4.18. The summed E-state index contributed by atoms with van der Waals surface area (Å²) in [6.07, 6.45) is -5.21. The maximum atomic E-state index is 13.0. The largest absolute Gasteiger partial charge is 0.479 e. The third-order valence-electron chi connectivity index (χ3n) is 7.20. The molecule has 2 heterocycles. The molecule has 2 aromatic carbocycles. The van der Waals surface area contributed by atoms with Gasteiger partial charge in [-0.3, -0.25) is 9.69 Å². The molecule has 0 aromatic heterocycles. The number of carbonyl (C=O) groups excluding carboxylic acids is 2. The molecule has 240 valence electrons. The van der Waals surface area contributed by atoms with Gasteiger partial charge in [-0.2, -0.15) is 0 Å². The molecular formula is C30H39N3O11. The Kier molecular flexibility index (Phi) is 11.1. The van der Waals surface area contributed by atoms with Crippen molar-refractivity contribution < 1.29 is 53.3 Å². The van der Waals surface area contributed by atoms with E-state index in [0.717, 1.165) is 5.56 Å². The number of aliphatic carboxylic acids is 1. The maximum absolute atomic E-state index is 13.0. The van der Waals surface area contributed by atoms with E-state index in [4.69, 9.17) is 28.7 Å². The minimum absolute atomic E-state index is 0.0583. The Balaban J connectivity index is 1.39. The minimum Gasteiger partial charge on any atom is -0.479 e. The molecule has 14 nitrogen and oxygen atoms in total. The van der Waals surface area contributed by atoms with E-state index in [0.29, 0.717) is 31.7 Å². The number of anilines is 1. The van der Waals surface area contributed by atoms with E-state index in [2.05, 4.69) is 5.32 Å². The fourth-order valence-corrected chi connectivity index (χ4v) is 4.62. The average Bonchev–Trinajstić information content (AvgIpc) is 2.97.